The lowest BCUT2D eigenvalue weighted by Gasteiger charge is -2.23. The summed E-state index contributed by atoms with van der Waals surface area (Å²) in [6, 6.07) is 0.307. The normalized spacial score (nSPS) is 19.6. The molecule has 2 heterocycles. The molecule has 1 saturated heterocycles. The number of nitrogens with zero attached hydrogens (tertiary/aromatic N) is 3. The van der Waals surface area contributed by atoms with E-state index in [1.54, 1.807) is 4.68 Å². The minimum Gasteiger partial charge on any atom is -0.337 e. The summed E-state index contributed by atoms with van der Waals surface area (Å²) >= 11 is 0. The summed E-state index contributed by atoms with van der Waals surface area (Å²) in [6.45, 7) is 5.71. The van der Waals surface area contributed by atoms with Crippen LogP contribution in [0.2, 0.25) is 0 Å². The van der Waals surface area contributed by atoms with E-state index in [1.807, 2.05) is 32.8 Å². The Kier molecular flexibility index (Phi) is 3.19. The largest absolute Gasteiger partial charge is 0.337 e. The van der Waals surface area contributed by atoms with E-state index < -0.39 is 0 Å². The fourth-order valence-electron chi connectivity index (χ4n) is 2.40. The molecule has 0 aromatic carbocycles. The van der Waals surface area contributed by atoms with Crippen LogP contribution in [0.1, 0.15) is 28.2 Å². The highest BCUT2D eigenvalue weighted by molar-refractivity contribution is 5.96. The van der Waals surface area contributed by atoms with E-state index >= 15 is 0 Å². The van der Waals surface area contributed by atoms with Gasteiger partial charge in [0.1, 0.15) is 0 Å². The standard InChI is InChI=1S/C12H20N4O/c1-8-11(9(2)16(4)14-8)12(17)15(3)10-5-6-13-7-10/h10,13H,5-7H2,1-4H3/t10-/m0/s1. The topological polar surface area (TPSA) is 50.2 Å². The van der Waals surface area contributed by atoms with E-state index in [9.17, 15) is 4.79 Å². The highest BCUT2D eigenvalue weighted by Gasteiger charge is 2.27. The molecule has 1 aliphatic heterocycles. The first-order valence-electron chi connectivity index (χ1n) is 6.00. The fourth-order valence-corrected chi connectivity index (χ4v) is 2.40. The summed E-state index contributed by atoms with van der Waals surface area (Å²) in [5.74, 6) is 0.0850. The number of hydrogen-bond donors (Lipinski definition) is 1. The van der Waals surface area contributed by atoms with Crippen molar-refractivity contribution < 1.29 is 4.79 Å². The van der Waals surface area contributed by atoms with Gasteiger partial charge in [-0.1, -0.05) is 0 Å². The molecule has 0 saturated carbocycles. The lowest BCUT2D eigenvalue weighted by atomic mass is 10.1. The molecule has 0 unspecified atom stereocenters. The third-order valence-electron chi connectivity index (χ3n) is 3.63. The van der Waals surface area contributed by atoms with Crippen LogP contribution in [0.5, 0.6) is 0 Å². The Balaban J connectivity index is 2.24. The van der Waals surface area contributed by atoms with Crippen LogP contribution in [-0.4, -0.2) is 46.8 Å². The Hall–Kier alpha value is -1.36. The van der Waals surface area contributed by atoms with Gasteiger partial charge in [-0.25, -0.2) is 0 Å². The molecule has 1 aromatic heterocycles. The van der Waals surface area contributed by atoms with E-state index in [0.717, 1.165) is 36.5 Å². The molecule has 2 rings (SSSR count). The number of aromatic nitrogens is 2. The number of nitrogens with one attached hydrogen (secondary N) is 1. The quantitative estimate of drug-likeness (QED) is 0.812. The third kappa shape index (κ3) is 2.07. The van der Waals surface area contributed by atoms with Gasteiger partial charge in [0.05, 0.1) is 11.3 Å². The number of aryl methyl sites for hydroxylation is 2. The van der Waals surface area contributed by atoms with Crippen LogP contribution in [-0.2, 0) is 7.05 Å². The molecule has 94 valence electrons. The second-order valence-electron chi connectivity index (χ2n) is 4.73. The van der Waals surface area contributed by atoms with Crippen LogP contribution in [0.3, 0.4) is 0 Å². The number of carbonyl (C=O) groups is 1. The fraction of sp³-hybridized carbons (Fsp3) is 0.667. The van der Waals surface area contributed by atoms with Crippen LogP contribution in [0.4, 0.5) is 0 Å². The summed E-state index contributed by atoms with van der Waals surface area (Å²) in [6.07, 6.45) is 1.03. The van der Waals surface area contributed by atoms with Crippen molar-refractivity contribution in [1.29, 1.82) is 0 Å². The van der Waals surface area contributed by atoms with E-state index in [-0.39, 0.29) is 5.91 Å². The van der Waals surface area contributed by atoms with Gasteiger partial charge in [0.15, 0.2) is 0 Å². The minimum atomic E-state index is 0.0850. The van der Waals surface area contributed by atoms with Gasteiger partial charge in [-0.3, -0.25) is 9.48 Å². The van der Waals surface area contributed by atoms with Crippen molar-refractivity contribution >= 4 is 5.91 Å². The van der Waals surface area contributed by atoms with Crippen LogP contribution in [0, 0.1) is 13.8 Å². The van der Waals surface area contributed by atoms with E-state index in [0.29, 0.717) is 6.04 Å². The zero-order chi connectivity index (χ0) is 12.6. The Bertz CT molecular complexity index is 432. The van der Waals surface area contributed by atoms with Gasteiger partial charge in [0, 0.05) is 32.4 Å². The van der Waals surface area contributed by atoms with Crippen molar-refractivity contribution in [3.8, 4) is 0 Å². The summed E-state index contributed by atoms with van der Waals surface area (Å²) in [7, 11) is 3.75. The Morgan fingerprint density at radius 3 is 2.71 bits per heavy atom. The molecule has 1 aliphatic rings. The smallest absolute Gasteiger partial charge is 0.257 e. The molecule has 1 amide bonds. The first-order valence-corrected chi connectivity index (χ1v) is 6.00. The third-order valence-corrected chi connectivity index (χ3v) is 3.63. The minimum absolute atomic E-state index is 0.0850. The van der Waals surface area contributed by atoms with Crippen molar-refractivity contribution in [1.82, 2.24) is 20.0 Å². The van der Waals surface area contributed by atoms with Crippen molar-refractivity contribution in [2.75, 3.05) is 20.1 Å². The van der Waals surface area contributed by atoms with Crippen molar-refractivity contribution in [3.05, 3.63) is 17.0 Å². The average molecular weight is 236 g/mol. The van der Waals surface area contributed by atoms with Crippen LogP contribution >= 0.6 is 0 Å². The summed E-state index contributed by atoms with van der Waals surface area (Å²) in [5, 5.41) is 7.57. The van der Waals surface area contributed by atoms with E-state index in [1.165, 1.54) is 0 Å². The lowest BCUT2D eigenvalue weighted by Crippen LogP contribution is -2.38. The van der Waals surface area contributed by atoms with Crippen LogP contribution in [0.15, 0.2) is 0 Å². The Labute approximate surface area is 102 Å². The van der Waals surface area contributed by atoms with Crippen molar-refractivity contribution in [3.63, 3.8) is 0 Å². The molecule has 1 N–H and O–H groups in total. The van der Waals surface area contributed by atoms with Gasteiger partial charge in [-0.05, 0) is 26.8 Å². The Morgan fingerprint density at radius 1 is 1.53 bits per heavy atom. The molecule has 17 heavy (non-hydrogen) atoms. The maximum Gasteiger partial charge on any atom is 0.257 e. The van der Waals surface area contributed by atoms with Gasteiger partial charge in [-0.2, -0.15) is 5.10 Å². The van der Waals surface area contributed by atoms with Crippen molar-refractivity contribution in [2.45, 2.75) is 26.3 Å². The molecular formula is C12H20N4O. The zero-order valence-electron chi connectivity index (χ0n) is 10.9. The second kappa shape index (κ2) is 4.49. The number of hydrogen-bond acceptors (Lipinski definition) is 3. The zero-order valence-corrected chi connectivity index (χ0v) is 10.9. The molecule has 5 nitrogen and oxygen atoms in total. The van der Waals surface area contributed by atoms with Gasteiger partial charge in [0.2, 0.25) is 0 Å². The molecule has 0 bridgehead atoms. The maximum atomic E-state index is 12.4. The van der Waals surface area contributed by atoms with Gasteiger partial charge in [0.25, 0.3) is 5.91 Å². The summed E-state index contributed by atoms with van der Waals surface area (Å²) in [5.41, 5.74) is 2.50. The number of amides is 1. The summed E-state index contributed by atoms with van der Waals surface area (Å²) < 4.78 is 1.77. The lowest BCUT2D eigenvalue weighted by molar-refractivity contribution is 0.0742. The molecule has 5 heteroatoms. The highest BCUT2D eigenvalue weighted by Crippen LogP contribution is 2.17. The molecule has 1 atom stereocenters. The molecular weight excluding hydrogens is 216 g/mol. The predicted molar refractivity (Wildman–Crippen MR) is 66.1 cm³/mol. The van der Waals surface area contributed by atoms with Gasteiger partial charge >= 0.3 is 0 Å². The highest BCUT2D eigenvalue weighted by atomic mass is 16.2. The number of rotatable bonds is 2. The SMILES string of the molecule is Cc1nn(C)c(C)c1C(=O)N(C)[C@H]1CCNC1. The average Bonchev–Trinajstić information content (AvgIpc) is 2.87. The van der Waals surface area contributed by atoms with Gasteiger partial charge in [-0.15, -0.1) is 0 Å². The first-order chi connectivity index (χ1) is 8.02. The summed E-state index contributed by atoms with van der Waals surface area (Å²) in [4.78, 5) is 14.3. The molecule has 0 radical (unpaired) electrons. The first kappa shape index (κ1) is 12.1. The number of likely N-dealkylation sites (N-methyl/N-ethyl adjacent to an activating group) is 1. The van der Waals surface area contributed by atoms with Crippen LogP contribution < -0.4 is 5.32 Å². The maximum absolute atomic E-state index is 12.4. The Morgan fingerprint density at radius 2 is 2.24 bits per heavy atom. The van der Waals surface area contributed by atoms with E-state index in [4.69, 9.17) is 0 Å². The predicted octanol–water partition coefficient (Wildman–Crippen LogP) is 0.471. The molecule has 1 fully saturated rings. The monoisotopic (exact) mass is 236 g/mol. The van der Waals surface area contributed by atoms with Gasteiger partial charge < -0.3 is 10.2 Å². The van der Waals surface area contributed by atoms with Crippen LogP contribution in [0.25, 0.3) is 0 Å². The van der Waals surface area contributed by atoms with Crippen molar-refractivity contribution in [2.24, 2.45) is 7.05 Å². The molecule has 0 spiro atoms. The molecule has 1 aromatic rings. The number of carbonyl (C=O) groups excluding carboxylic acids is 1. The molecule has 0 aliphatic carbocycles. The second-order valence-corrected chi connectivity index (χ2v) is 4.73. The van der Waals surface area contributed by atoms with E-state index in [2.05, 4.69) is 10.4 Å².